The molecule has 1 atom stereocenters. The highest BCUT2D eigenvalue weighted by molar-refractivity contribution is 5.84. The van der Waals surface area contributed by atoms with Crippen molar-refractivity contribution >= 4 is 5.91 Å². The van der Waals surface area contributed by atoms with Crippen LogP contribution < -0.4 is 5.32 Å². The summed E-state index contributed by atoms with van der Waals surface area (Å²) in [7, 11) is 0. The predicted octanol–water partition coefficient (Wildman–Crippen LogP) is 2.24. The molecule has 1 aromatic carbocycles. The monoisotopic (exact) mass is 203 g/mol. The van der Waals surface area contributed by atoms with Crippen LogP contribution in [-0.2, 0) is 11.2 Å². The van der Waals surface area contributed by atoms with Crippen LogP contribution in [0.15, 0.2) is 24.3 Å². The highest BCUT2D eigenvalue weighted by Gasteiger charge is 2.23. The molecule has 1 N–H and O–H groups in total. The zero-order chi connectivity index (χ0) is 10.7. The van der Waals surface area contributed by atoms with Crippen LogP contribution in [0.25, 0.3) is 0 Å². The van der Waals surface area contributed by atoms with Gasteiger partial charge in [0.25, 0.3) is 0 Å². The topological polar surface area (TPSA) is 29.1 Å². The lowest BCUT2D eigenvalue weighted by atomic mass is 9.90. The van der Waals surface area contributed by atoms with Gasteiger partial charge >= 0.3 is 0 Å². The van der Waals surface area contributed by atoms with Crippen LogP contribution >= 0.6 is 0 Å². The number of aryl methyl sites for hydroxylation is 1. The van der Waals surface area contributed by atoms with Crippen molar-refractivity contribution in [2.75, 3.05) is 6.54 Å². The Morgan fingerprint density at radius 1 is 1.33 bits per heavy atom. The van der Waals surface area contributed by atoms with Gasteiger partial charge in [-0.15, -0.1) is 0 Å². The minimum atomic E-state index is 0.0738. The average molecular weight is 203 g/mol. The van der Waals surface area contributed by atoms with Crippen molar-refractivity contribution in [3.05, 3.63) is 35.4 Å². The smallest absolute Gasteiger partial charge is 0.227 e. The average Bonchev–Trinajstić information content (AvgIpc) is 2.30. The van der Waals surface area contributed by atoms with E-state index < -0.39 is 0 Å². The van der Waals surface area contributed by atoms with Crippen molar-refractivity contribution in [1.29, 1.82) is 0 Å². The molecule has 80 valence electrons. The Kier molecular flexibility index (Phi) is 3.05. The molecule has 2 heteroatoms. The van der Waals surface area contributed by atoms with Crippen LogP contribution in [0.2, 0.25) is 0 Å². The van der Waals surface area contributed by atoms with Crippen LogP contribution in [0.1, 0.15) is 36.8 Å². The van der Waals surface area contributed by atoms with Gasteiger partial charge in [-0.1, -0.05) is 31.2 Å². The number of hydrogen-bond donors (Lipinski definition) is 1. The molecule has 1 aliphatic heterocycles. The summed E-state index contributed by atoms with van der Waals surface area (Å²) in [4.78, 5) is 11.6. The first kappa shape index (κ1) is 10.2. The van der Waals surface area contributed by atoms with Crippen LogP contribution in [-0.4, -0.2) is 12.5 Å². The van der Waals surface area contributed by atoms with E-state index in [0.29, 0.717) is 0 Å². The van der Waals surface area contributed by atoms with Crippen molar-refractivity contribution < 1.29 is 4.79 Å². The van der Waals surface area contributed by atoms with Crippen LogP contribution in [0, 0.1) is 0 Å². The molecule has 1 unspecified atom stereocenters. The van der Waals surface area contributed by atoms with Crippen molar-refractivity contribution in [2.24, 2.45) is 0 Å². The fourth-order valence-corrected chi connectivity index (χ4v) is 2.08. The lowest BCUT2D eigenvalue weighted by molar-refractivity contribution is -0.123. The lowest BCUT2D eigenvalue weighted by Crippen LogP contribution is -2.34. The minimum Gasteiger partial charge on any atom is -0.356 e. The summed E-state index contributed by atoms with van der Waals surface area (Å²) in [6.07, 6.45) is 3.13. The van der Waals surface area contributed by atoms with E-state index in [1.165, 1.54) is 5.56 Å². The molecule has 1 aliphatic rings. The molecule has 0 bridgehead atoms. The van der Waals surface area contributed by atoms with Crippen molar-refractivity contribution in [3.8, 4) is 0 Å². The van der Waals surface area contributed by atoms with Gasteiger partial charge in [-0.05, 0) is 30.4 Å². The molecule has 0 radical (unpaired) electrons. The highest BCUT2D eigenvalue weighted by Crippen LogP contribution is 2.24. The number of carbonyl (C=O) groups is 1. The lowest BCUT2D eigenvalue weighted by Gasteiger charge is -2.22. The maximum absolute atomic E-state index is 11.6. The van der Waals surface area contributed by atoms with Gasteiger partial charge in [-0.25, -0.2) is 0 Å². The summed E-state index contributed by atoms with van der Waals surface area (Å²) in [5.74, 6) is 0.259. The van der Waals surface area contributed by atoms with Gasteiger partial charge in [-0.3, -0.25) is 4.79 Å². The molecule has 0 aromatic heterocycles. The van der Waals surface area contributed by atoms with E-state index >= 15 is 0 Å². The maximum Gasteiger partial charge on any atom is 0.227 e. The van der Waals surface area contributed by atoms with E-state index in [1.807, 2.05) is 0 Å². The maximum atomic E-state index is 11.6. The van der Waals surface area contributed by atoms with Crippen molar-refractivity contribution in [2.45, 2.75) is 32.1 Å². The fourth-order valence-electron chi connectivity index (χ4n) is 2.08. The fraction of sp³-hybridized carbons (Fsp3) is 0.462. The van der Waals surface area contributed by atoms with Gasteiger partial charge in [0, 0.05) is 6.54 Å². The third kappa shape index (κ3) is 2.20. The van der Waals surface area contributed by atoms with E-state index in [9.17, 15) is 4.79 Å². The zero-order valence-corrected chi connectivity index (χ0v) is 9.12. The molecule has 1 saturated heterocycles. The van der Waals surface area contributed by atoms with Crippen LogP contribution in [0.3, 0.4) is 0 Å². The standard InChI is InChI=1S/C13H17NO/c1-2-10-5-7-11(8-6-10)12-4-3-9-14-13(12)15/h5-8,12H,2-4,9H2,1H3,(H,14,15). The predicted molar refractivity (Wildman–Crippen MR) is 60.8 cm³/mol. The third-order valence-electron chi connectivity index (χ3n) is 3.08. The number of rotatable bonds is 2. The molecule has 0 spiro atoms. The number of nitrogens with one attached hydrogen (secondary N) is 1. The molecule has 1 amide bonds. The van der Waals surface area contributed by atoms with Gasteiger partial charge in [-0.2, -0.15) is 0 Å². The van der Waals surface area contributed by atoms with E-state index in [0.717, 1.165) is 31.4 Å². The molecular formula is C13H17NO. The molecule has 0 saturated carbocycles. The molecule has 0 aliphatic carbocycles. The van der Waals surface area contributed by atoms with E-state index in [-0.39, 0.29) is 11.8 Å². The first-order valence-corrected chi connectivity index (χ1v) is 5.68. The second-order valence-corrected chi connectivity index (χ2v) is 4.08. The van der Waals surface area contributed by atoms with Gasteiger partial charge in [0.1, 0.15) is 0 Å². The Morgan fingerprint density at radius 3 is 2.67 bits per heavy atom. The first-order valence-electron chi connectivity index (χ1n) is 5.68. The van der Waals surface area contributed by atoms with Crippen molar-refractivity contribution in [3.63, 3.8) is 0 Å². The molecule has 2 nitrogen and oxygen atoms in total. The molecule has 1 heterocycles. The summed E-state index contributed by atoms with van der Waals surface area (Å²) in [5, 5.41) is 2.92. The zero-order valence-electron chi connectivity index (χ0n) is 9.12. The van der Waals surface area contributed by atoms with Crippen molar-refractivity contribution in [1.82, 2.24) is 5.32 Å². The summed E-state index contributed by atoms with van der Waals surface area (Å²) >= 11 is 0. The van der Waals surface area contributed by atoms with E-state index in [1.54, 1.807) is 0 Å². The Morgan fingerprint density at radius 2 is 2.07 bits per heavy atom. The summed E-state index contributed by atoms with van der Waals surface area (Å²) < 4.78 is 0. The molecule has 1 aromatic rings. The van der Waals surface area contributed by atoms with Gasteiger partial charge < -0.3 is 5.32 Å². The molecule has 15 heavy (non-hydrogen) atoms. The molecule has 1 fully saturated rings. The highest BCUT2D eigenvalue weighted by atomic mass is 16.1. The Hall–Kier alpha value is -1.31. The Labute approximate surface area is 90.7 Å². The Bertz CT molecular complexity index is 342. The first-order chi connectivity index (χ1) is 7.31. The second kappa shape index (κ2) is 4.47. The quantitative estimate of drug-likeness (QED) is 0.784. The van der Waals surface area contributed by atoms with Gasteiger partial charge in [0.2, 0.25) is 5.91 Å². The molecule has 2 rings (SSSR count). The van der Waals surface area contributed by atoms with Crippen LogP contribution in [0.5, 0.6) is 0 Å². The summed E-state index contributed by atoms with van der Waals surface area (Å²) in [5.41, 5.74) is 2.49. The summed E-state index contributed by atoms with van der Waals surface area (Å²) in [6.45, 7) is 2.98. The van der Waals surface area contributed by atoms with Gasteiger partial charge in [0.05, 0.1) is 5.92 Å². The van der Waals surface area contributed by atoms with Crippen LogP contribution in [0.4, 0.5) is 0 Å². The Balaban J connectivity index is 2.17. The second-order valence-electron chi connectivity index (χ2n) is 4.08. The van der Waals surface area contributed by atoms with Gasteiger partial charge in [0.15, 0.2) is 0 Å². The van der Waals surface area contributed by atoms with E-state index in [4.69, 9.17) is 0 Å². The number of piperidine rings is 1. The number of amides is 1. The largest absolute Gasteiger partial charge is 0.356 e. The minimum absolute atomic E-state index is 0.0738. The van der Waals surface area contributed by atoms with E-state index in [2.05, 4.69) is 36.5 Å². The number of carbonyl (C=O) groups excluding carboxylic acids is 1. The SMILES string of the molecule is CCc1ccc(C2CCCNC2=O)cc1. The molecular weight excluding hydrogens is 186 g/mol. The third-order valence-corrected chi connectivity index (χ3v) is 3.08. The normalized spacial score (nSPS) is 21.1. The summed E-state index contributed by atoms with van der Waals surface area (Å²) in [6, 6.07) is 8.43. The number of benzene rings is 1. The number of hydrogen-bond acceptors (Lipinski definition) is 1.